The third-order valence-electron chi connectivity index (χ3n) is 2.30. The van der Waals surface area contributed by atoms with Crippen molar-refractivity contribution in [2.24, 2.45) is 0 Å². The van der Waals surface area contributed by atoms with Gasteiger partial charge in [-0.15, -0.1) is 0 Å². The molecule has 6 heteroatoms. The van der Waals surface area contributed by atoms with Crippen molar-refractivity contribution in [3.05, 3.63) is 35.7 Å². The molecule has 0 amide bonds. The first-order valence-electron chi connectivity index (χ1n) is 4.89. The van der Waals surface area contributed by atoms with Gasteiger partial charge in [-0.3, -0.25) is 4.79 Å². The zero-order chi connectivity index (χ0) is 12.3. The third kappa shape index (κ3) is 1.96. The SMILES string of the molecule is COc1cccc(OC)c1C(=O)c1cn[nH]n1. The molecule has 0 aliphatic carbocycles. The second-order valence-corrected chi connectivity index (χ2v) is 3.22. The number of carbonyl (C=O) groups is 1. The van der Waals surface area contributed by atoms with Gasteiger partial charge in [0.2, 0.25) is 5.78 Å². The van der Waals surface area contributed by atoms with E-state index in [0.717, 1.165) is 0 Å². The first-order valence-corrected chi connectivity index (χ1v) is 4.89. The molecule has 0 aliphatic heterocycles. The van der Waals surface area contributed by atoms with Crippen molar-refractivity contribution in [2.75, 3.05) is 14.2 Å². The van der Waals surface area contributed by atoms with Crippen LogP contribution in [-0.2, 0) is 0 Å². The lowest BCUT2D eigenvalue weighted by Gasteiger charge is -2.10. The predicted molar refractivity (Wildman–Crippen MR) is 59.4 cm³/mol. The summed E-state index contributed by atoms with van der Waals surface area (Å²) in [5.74, 6) is 0.586. The van der Waals surface area contributed by atoms with Crippen LogP contribution in [0.4, 0.5) is 0 Å². The van der Waals surface area contributed by atoms with Crippen LogP contribution in [-0.4, -0.2) is 35.4 Å². The largest absolute Gasteiger partial charge is 0.496 e. The van der Waals surface area contributed by atoms with E-state index in [2.05, 4.69) is 15.4 Å². The van der Waals surface area contributed by atoms with Crippen molar-refractivity contribution in [2.45, 2.75) is 0 Å². The van der Waals surface area contributed by atoms with E-state index in [1.807, 2.05) is 0 Å². The highest BCUT2D eigenvalue weighted by Gasteiger charge is 2.21. The standard InChI is InChI=1S/C11H11N3O3/c1-16-8-4-3-5-9(17-2)10(8)11(15)7-6-12-14-13-7/h3-6H,1-2H3,(H,12,13,14). The van der Waals surface area contributed by atoms with E-state index in [4.69, 9.17) is 9.47 Å². The molecular weight excluding hydrogens is 222 g/mol. The van der Waals surface area contributed by atoms with Gasteiger partial charge in [0.15, 0.2) is 5.69 Å². The Morgan fingerprint density at radius 2 is 1.88 bits per heavy atom. The van der Waals surface area contributed by atoms with Crippen LogP contribution in [0.5, 0.6) is 11.5 Å². The fourth-order valence-corrected chi connectivity index (χ4v) is 1.51. The van der Waals surface area contributed by atoms with Gasteiger partial charge in [-0.2, -0.15) is 15.4 Å². The van der Waals surface area contributed by atoms with Crippen LogP contribution in [0.3, 0.4) is 0 Å². The molecule has 1 N–H and O–H groups in total. The molecule has 2 aromatic rings. The summed E-state index contributed by atoms with van der Waals surface area (Å²) in [5.41, 5.74) is 0.555. The molecule has 1 aromatic carbocycles. The Morgan fingerprint density at radius 3 is 2.35 bits per heavy atom. The van der Waals surface area contributed by atoms with Crippen molar-refractivity contribution in [3.63, 3.8) is 0 Å². The van der Waals surface area contributed by atoms with Gasteiger partial charge in [0.05, 0.1) is 20.4 Å². The summed E-state index contributed by atoms with van der Waals surface area (Å²) < 4.78 is 10.3. The molecule has 0 saturated carbocycles. The van der Waals surface area contributed by atoms with E-state index >= 15 is 0 Å². The van der Waals surface area contributed by atoms with Gasteiger partial charge >= 0.3 is 0 Å². The normalized spacial score (nSPS) is 10.0. The number of methoxy groups -OCH3 is 2. The Bertz CT molecular complexity index is 501. The van der Waals surface area contributed by atoms with Crippen molar-refractivity contribution < 1.29 is 14.3 Å². The van der Waals surface area contributed by atoms with E-state index in [-0.39, 0.29) is 11.5 Å². The Morgan fingerprint density at radius 1 is 1.24 bits per heavy atom. The highest BCUT2D eigenvalue weighted by atomic mass is 16.5. The van der Waals surface area contributed by atoms with Crippen LogP contribution in [0.15, 0.2) is 24.4 Å². The smallest absolute Gasteiger partial charge is 0.222 e. The molecule has 0 spiro atoms. The monoisotopic (exact) mass is 233 g/mol. The highest BCUT2D eigenvalue weighted by molar-refractivity contribution is 6.11. The highest BCUT2D eigenvalue weighted by Crippen LogP contribution is 2.29. The molecule has 0 unspecified atom stereocenters. The summed E-state index contributed by atoms with van der Waals surface area (Å²) in [5, 5.41) is 9.74. The lowest BCUT2D eigenvalue weighted by molar-refractivity contribution is 0.102. The van der Waals surface area contributed by atoms with E-state index in [9.17, 15) is 4.79 Å². The molecule has 0 fully saturated rings. The van der Waals surface area contributed by atoms with Crippen LogP contribution in [0, 0.1) is 0 Å². The first-order chi connectivity index (χ1) is 8.27. The maximum atomic E-state index is 12.2. The number of nitrogens with one attached hydrogen (secondary N) is 1. The lowest BCUT2D eigenvalue weighted by Crippen LogP contribution is -2.07. The molecule has 1 heterocycles. The number of carbonyl (C=O) groups excluding carboxylic acids is 1. The Balaban J connectivity index is 2.53. The lowest BCUT2D eigenvalue weighted by atomic mass is 10.1. The maximum Gasteiger partial charge on any atom is 0.222 e. The number of ether oxygens (including phenoxy) is 2. The quantitative estimate of drug-likeness (QED) is 0.799. The third-order valence-corrected chi connectivity index (χ3v) is 2.30. The molecule has 0 radical (unpaired) electrons. The predicted octanol–water partition coefficient (Wildman–Crippen LogP) is 1.05. The summed E-state index contributed by atoms with van der Waals surface area (Å²) in [7, 11) is 2.99. The van der Waals surface area contributed by atoms with Gasteiger partial charge in [0, 0.05) is 0 Å². The number of benzene rings is 1. The summed E-state index contributed by atoms with van der Waals surface area (Å²) in [6.07, 6.45) is 1.36. The van der Waals surface area contributed by atoms with Gasteiger partial charge in [-0.1, -0.05) is 6.07 Å². The maximum absolute atomic E-state index is 12.2. The molecule has 2 rings (SSSR count). The topological polar surface area (TPSA) is 77.1 Å². The molecular formula is C11H11N3O3. The number of rotatable bonds is 4. The van der Waals surface area contributed by atoms with Crippen LogP contribution in [0.1, 0.15) is 16.1 Å². The minimum absolute atomic E-state index is 0.216. The Hall–Kier alpha value is -2.37. The summed E-state index contributed by atoms with van der Waals surface area (Å²) >= 11 is 0. The summed E-state index contributed by atoms with van der Waals surface area (Å²) in [4.78, 5) is 12.2. The molecule has 0 bridgehead atoms. The summed E-state index contributed by atoms with van der Waals surface area (Å²) in [6.45, 7) is 0. The van der Waals surface area contributed by atoms with Crippen molar-refractivity contribution in [3.8, 4) is 11.5 Å². The molecule has 1 aromatic heterocycles. The minimum Gasteiger partial charge on any atom is -0.496 e. The van der Waals surface area contributed by atoms with Crippen LogP contribution in [0.25, 0.3) is 0 Å². The van der Waals surface area contributed by atoms with Crippen molar-refractivity contribution >= 4 is 5.78 Å². The van der Waals surface area contributed by atoms with E-state index < -0.39 is 0 Å². The van der Waals surface area contributed by atoms with E-state index in [1.165, 1.54) is 20.4 Å². The zero-order valence-electron chi connectivity index (χ0n) is 9.43. The second-order valence-electron chi connectivity index (χ2n) is 3.22. The number of aromatic nitrogens is 3. The zero-order valence-corrected chi connectivity index (χ0v) is 9.43. The molecule has 0 saturated heterocycles. The molecule has 88 valence electrons. The number of aromatic amines is 1. The number of ketones is 1. The molecule has 17 heavy (non-hydrogen) atoms. The fourth-order valence-electron chi connectivity index (χ4n) is 1.51. The van der Waals surface area contributed by atoms with Crippen LogP contribution >= 0.6 is 0 Å². The molecule has 6 nitrogen and oxygen atoms in total. The Labute approximate surface area is 97.6 Å². The van der Waals surface area contributed by atoms with Crippen molar-refractivity contribution in [1.29, 1.82) is 0 Å². The van der Waals surface area contributed by atoms with Crippen molar-refractivity contribution in [1.82, 2.24) is 15.4 Å². The minimum atomic E-state index is -0.298. The number of hydrogen-bond donors (Lipinski definition) is 1. The van der Waals surface area contributed by atoms with Gasteiger partial charge in [-0.05, 0) is 12.1 Å². The van der Waals surface area contributed by atoms with Gasteiger partial charge in [0.1, 0.15) is 17.1 Å². The van der Waals surface area contributed by atoms with Gasteiger partial charge in [0.25, 0.3) is 0 Å². The summed E-state index contributed by atoms with van der Waals surface area (Å²) in [6, 6.07) is 5.13. The van der Waals surface area contributed by atoms with Crippen LogP contribution < -0.4 is 9.47 Å². The number of H-pyrrole nitrogens is 1. The number of nitrogens with zero attached hydrogens (tertiary/aromatic N) is 2. The average molecular weight is 233 g/mol. The second kappa shape index (κ2) is 4.65. The fraction of sp³-hybridized carbons (Fsp3) is 0.182. The molecule has 0 atom stereocenters. The molecule has 0 aliphatic rings. The number of hydrogen-bond acceptors (Lipinski definition) is 5. The van der Waals surface area contributed by atoms with Gasteiger partial charge in [-0.25, -0.2) is 0 Å². The van der Waals surface area contributed by atoms with Gasteiger partial charge < -0.3 is 9.47 Å². The van der Waals surface area contributed by atoms with E-state index in [0.29, 0.717) is 17.1 Å². The first kappa shape index (κ1) is 11.1. The van der Waals surface area contributed by atoms with Crippen LogP contribution in [0.2, 0.25) is 0 Å². The van der Waals surface area contributed by atoms with E-state index in [1.54, 1.807) is 18.2 Å². The average Bonchev–Trinajstić information content (AvgIpc) is 2.90. The Kier molecular flexibility index (Phi) is 3.04.